The zero-order valence-electron chi connectivity index (χ0n) is 18.1. The number of hydrogen-bond donors (Lipinski definition) is 2. The fourth-order valence-corrected chi connectivity index (χ4v) is 5.37. The first-order valence-corrected chi connectivity index (χ1v) is 11.6. The Morgan fingerprint density at radius 3 is 1.77 bits per heavy atom. The Bertz CT molecular complexity index is 805. The van der Waals surface area contributed by atoms with Gasteiger partial charge in [0, 0.05) is 37.3 Å². The van der Waals surface area contributed by atoms with E-state index in [1.807, 2.05) is 4.90 Å². The third-order valence-corrected chi connectivity index (χ3v) is 7.37. The van der Waals surface area contributed by atoms with Crippen LogP contribution in [-0.4, -0.2) is 72.0 Å². The van der Waals surface area contributed by atoms with Crippen molar-refractivity contribution >= 4 is 17.8 Å². The van der Waals surface area contributed by atoms with Crippen LogP contribution in [0.1, 0.15) is 59.2 Å². The van der Waals surface area contributed by atoms with Crippen molar-refractivity contribution in [2.45, 2.75) is 38.5 Å². The smallest absolute Gasteiger partial charge is 0.306 e. The van der Waals surface area contributed by atoms with Gasteiger partial charge in [0.1, 0.15) is 0 Å². The second kappa shape index (κ2) is 9.81. The van der Waals surface area contributed by atoms with Gasteiger partial charge in [0.2, 0.25) is 0 Å². The molecule has 3 heterocycles. The van der Waals surface area contributed by atoms with Crippen LogP contribution in [-0.2, 0) is 4.79 Å². The van der Waals surface area contributed by atoms with Gasteiger partial charge in [-0.05, 0) is 81.6 Å². The third-order valence-electron chi connectivity index (χ3n) is 7.37. The molecule has 2 N–H and O–H groups in total. The summed E-state index contributed by atoms with van der Waals surface area (Å²) in [6.07, 6.45) is 5.57. The van der Waals surface area contributed by atoms with Crippen molar-refractivity contribution in [3.63, 3.8) is 0 Å². The Labute approximate surface area is 183 Å². The first kappa shape index (κ1) is 21.8. The predicted octanol–water partition coefficient (Wildman–Crippen LogP) is 2.48. The number of benzene rings is 1. The zero-order valence-corrected chi connectivity index (χ0v) is 18.1. The van der Waals surface area contributed by atoms with Crippen LogP contribution in [0.4, 0.5) is 0 Å². The van der Waals surface area contributed by atoms with Gasteiger partial charge in [-0.2, -0.15) is 0 Å². The van der Waals surface area contributed by atoms with Crippen LogP contribution < -0.4 is 5.32 Å². The van der Waals surface area contributed by atoms with E-state index >= 15 is 0 Å². The van der Waals surface area contributed by atoms with E-state index in [0.717, 1.165) is 44.9 Å². The molecule has 31 heavy (non-hydrogen) atoms. The quantitative estimate of drug-likeness (QED) is 0.771. The number of nitrogens with zero attached hydrogens (tertiary/aromatic N) is 2. The van der Waals surface area contributed by atoms with E-state index < -0.39 is 5.97 Å². The molecule has 0 spiro atoms. The lowest BCUT2D eigenvalue weighted by molar-refractivity contribution is -0.143. The van der Waals surface area contributed by atoms with Gasteiger partial charge in [-0.3, -0.25) is 14.4 Å². The van der Waals surface area contributed by atoms with Gasteiger partial charge in [-0.1, -0.05) is 6.07 Å². The normalized spacial score (nSPS) is 21.8. The van der Waals surface area contributed by atoms with Gasteiger partial charge in [0.05, 0.1) is 5.92 Å². The molecule has 2 amide bonds. The molecular formula is C24H33N3O4. The fourth-order valence-electron chi connectivity index (χ4n) is 5.37. The summed E-state index contributed by atoms with van der Waals surface area (Å²) in [5.41, 5.74) is 1.07. The van der Waals surface area contributed by atoms with Crippen molar-refractivity contribution < 1.29 is 19.5 Å². The van der Waals surface area contributed by atoms with Crippen LogP contribution >= 0.6 is 0 Å². The van der Waals surface area contributed by atoms with E-state index in [1.165, 1.54) is 12.8 Å². The van der Waals surface area contributed by atoms with Crippen molar-refractivity contribution in [3.8, 4) is 0 Å². The molecule has 1 aromatic carbocycles. The maximum Gasteiger partial charge on any atom is 0.306 e. The Kier molecular flexibility index (Phi) is 6.90. The summed E-state index contributed by atoms with van der Waals surface area (Å²) in [7, 11) is 0. The van der Waals surface area contributed by atoms with Gasteiger partial charge in [-0.25, -0.2) is 0 Å². The number of carboxylic acid groups (broad SMARTS) is 1. The van der Waals surface area contributed by atoms with E-state index in [1.54, 1.807) is 29.2 Å². The Morgan fingerprint density at radius 1 is 0.774 bits per heavy atom. The van der Waals surface area contributed by atoms with Crippen molar-refractivity contribution in [3.05, 3.63) is 35.4 Å². The van der Waals surface area contributed by atoms with Gasteiger partial charge in [0.25, 0.3) is 11.8 Å². The number of likely N-dealkylation sites (tertiary alicyclic amines) is 2. The second-order valence-electron chi connectivity index (χ2n) is 9.20. The molecule has 7 heteroatoms. The van der Waals surface area contributed by atoms with E-state index in [9.17, 15) is 14.4 Å². The molecule has 0 saturated carbocycles. The largest absolute Gasteiger partial charge is 0.481 e. The zero-order chi connectivity index (χ0) is 21.8. The second-order valence-corrected chi connectivity index (χ2v) is 9.20. The average molecular weight is 428 g/mol. The summed E-state index contributed by atoms with van der Waals surface area (Å²) in [5.74, 6) is 0.219. The highest BCUT2D eigenvalue weighted by Crippen LogP contribution is 2.31. The molecule has 0 radical (unpaired) electrons. The van der Waals surface area contributed by atoms with Crippen molar-refractivity contribution in [2.75, 3.05) is 39.3 Å². The van der Waals surface area contributed by atoms with E-state index in [4.69, 9.17) is 5.11 Å². The standard InChI is InChI=1S/C24H33N3O4/c28-22(26-12-6-18(7-13-26)17-4-10-25-11-5-17)20-2-1-3-21(16-20)23(29)27-14-8-19(9-15-27)24(30)31/h1-3,16-19,25H,4-15H2,(H,30,31). The highest BCUT2D eigenvalue weighted by Gasteiger charge is 2.31. The minimum Gasteiger partial charge on any atom is -0.481 e. The molecule has 7 nitrogen and oxygen atoms in total. The van der Waals surface area contributed by atoms with Gasteiger partial charge < -0.3 is 20.2 Å². The number of carboxylic acids is 1. The lowest BCUT2D eigenvalue weighted by Crippen LogP contribution is -2.42. The number of carbonyl (C=O) groups excluding carboxylic acids is 2. The van der Waals surface area contributed by atoms with Gasteiger partial charge in [0.15, 0.2) is 0 Å². The summed E-state index contributed by atoms with van der Waals surface area (Å²) in [5, 5.41) is 12.6. The van der Waals surface area contributed by atoms with Crippen molar-refractivity contribution in [1.29, 1.82) is 0 Å². The molecule has 168 valence electrons. The van der Waals surface area contributed by atoms with E-state index in [2.05, 4.69) is 5.32 Å². The molecule has 3 fully saturated rings. The lowest BCUT2D eigenvalue weighted by Gasteiger charge is -2.37. The molecule has 3 aliphatic heterocycles. The Balaban J connectivity index is 1.34. The average Bonchev–Trinajstić information content (AvgIpc) is 2.84. The molecule has 4 rings (SSSR count). The first-order chi connectivity index (χ1) is 15.0. The van der Waals surface area contributed by atoms with Crippen LogP contribution in [0.5, 0.6) is 0 Å². The topological polar surface area (TPSA) is 90.0 Å². The molecule has 0 aliphatic carbocycles. The number of aliphatic carboxylic acids is 1. The molecule has 0 atom stereocenters. The number of hydrogen-bond acceptors (Lipinski definition) is 4. The minimum atomic E-state index is -0.788. The first-order valence-electron chi connectivity index (χ1n) is 11.6. The van der Waals surface area contributed by atoms with Crippen LogP contribution in [0.25, 0.3) is 0 Å². The number of nitrogens with one attached hydrogen (secondary N) is 1. The molecule has 0 aromatic heterocycles. The summed E-state index contributed by atoms with van der Waals surface area (Å²) < 4.78 is 0. The number of piperidine rings is 3. The van der Waals surface area contributed by atoms with Crippen LogP contribution in [0.3, 0.4) is 0 Å². The monoisotopic (exact) mass is 427 g/mol. The SMILES string of the molecule is O=C(O)C1CCN(C(=O)c2cccc(C(=O)N3CCC(C4CCNCC4)CC3)c2)CC1. The molecule has 0 bridgehead atoms. The number of amides is 2. The summed E-state index contributed by atoms with van der Waals surface area (Å²) in [6.45, 7) is 4.68. The number of carbonyl (C=O) groups is 3. The summed E-state index contributed by atoms with van der Waals surface area (Å²) in [4.78, 5) is 40.7. The van der Waals surface area contributed by atoms with Crippen LogP contribution in [0.2, 0.25) is 0 Å². The molecule has 0 unspecified atom stereocenters. The fraction of sp³-hybridized carbons (Fsp3) is 0.625. The third kappa shape index (κ3) is 5.09. The summed E-state index contributed by atoms with van der Waals surface area (Å²) in [6, 6.07) is 7.00. The predicted molar refractivity (Wildman–Crippen MR) is 117 cm³/mol. The van der Waals surface area contributed by atoms with Crippen LogP contribution in [0.15, 0.2) is 24.3 Å². The summed E-state index contributed by atoms with van der Waals surface area (Å²) >= 11 is 0. The van der Waals surface area contributed by atoms with E-state index in [0.29, 0.717) is 43.0 Å². The van der Waals surface area contributed by atoms with Crippen LogP contribution in [0, 0.1) is 17.8 Å². The van der Waals surface area contributed by atoms with Gasteiger partial charge >= 0.3 is 5.97 Å². The van der Waals surface area contributed by atoms with Gasteiger partial charge in [-0.15, -0.1) is 0 Å². The number of rotatable bonds is 4. The van der Waals surface area contributed by atoms with E-state index in [-0.39, 0.29) is 17.7 Å². The molecule has 3 saturated heterocycles. The molecule has 1 aromatic rings. The highest BCUT2D eigenvalue weighted by atomic mass is 16.4. The Hall–Kier alpha value is -2.41. The van der Waals surface area contributed by atoms with Crippen molar-refractivity contribution in [2.24, 2.45) is 17.8 Å². The lowest BCUT2D eigenvalue weighted by atomic mass is 9.79. The maximum absolute atomic E-state index is 13.1. The molecular weight excluding hydrogens is 394 g/mol. The maximum atomic E-state index is 13.1. The minimum absolute atomic E-state index is 0.00277. The Morgan fingerprint density at radius 2 is 1.26 bits per heavy atom. The highest BCUT2D eigenvalue weighted by molar-refractivity contribution is 5.99. The van der Waals surface area contributed by atoms with Crippen molar-refractivity contribution in [1.82, 2.24) is 15.1 Å². The molecule has 3 aliphatic rings.